The van der Waals surface area contributed by atoms with Crippen LogP contribution < -0.4 is 5.32 Å². The summed E-state index contributed by atoms with van der Waals surface area (Å²) in [5.41, 5.74) is 0.891. The average Bonchev–Trinajstić information content (AvgIpc) is 2.67. The quantitative estimate of drug-likeness (QED) is 0.704. The summed E-state index contributed by atoms with van der Waals surface area (Å²) < 4.78 is 0. The van der Waals surface area contributed by atoms with Crippen LogP contribution >= 0.6 is 0 Å². The van der Waals surface area contributed by atoms with E-state index < -0.39 is 0 Å². The molecule has 0 aromatic carbocycles. The summed E-state index contributed by atoms with van der Waals surface area (Å²) in [4.78, 5) is 8.21. The highest BCUT2D eigenvalue weighted by Gasteiger charge is 1.98. The predicted octanol–water partition coefficient (Wildman–Crippen LogP) is -0.0898. The molecule has 0 atom stereocenters. The maximum atomic E-state index is 4.21. The van der Waals surface area contributed by atoms with Gasteiger partial charge in [-0.1, -0.05) is 5.10 Å². The molecule has 0 aliphatic carbocycles. The van der Waals surface area contributed by atoms with Crippen LogP contribution in [-0.4, -0.2) is 30.6 Å². The van der Waals surface area contributed by atoms with E-state index in [1.165, 1.54) is 0 Å². The van der Waals surface area contributed by atoms with Crippen LogP contribution in [0.3, 0.4) is 0 Å². The Labute approximate surface area is 80.0 Å². The Morgan fingerprint density at radius 2 is 2.43 bits per heavy atom. The van der Waals surface area contributed by atoms with Crippen molar-refractivity contribution in [2.45, 2.75) is 13.5 Å². The SMILES string of the molecule is Cc1nccc(CNc2nn[nH]n2)n1. The van der Waals surface area contributed by atoms with Gasteiger partial charge in [0.05, 0.1) is 12.2 Å². The molecular formula is C7H9N7. The fraction of sp³-hybridized carbons (Fsp3) is 0.286. The van der Waals surface area contributed by atoms with Crippen molar-refractivity contribution in [3.8, 4) is 0 Å². The molecule has 0 bridgehead atoms. The van der Waals surface area contributed by atoms with Gasteiger partial charge in [-0.05, 0) is 18.2 Å². The summed E-state index contributed by atoms with van der Waals surface area (Å²) in [5.74, 6) is 1.21. The van der Waals surface area contributed by atoms with Crippen molar-refractivity contribution < 1.29 is 0 Å². The molecule has 0 radical (unpaired) electrons. The third-order valence-electron chi connectivity index (χ3n) is 1.61. The third-order valence-corrected chi connectivity index (χ3v) is 1.61. The first kappa shape index (κ1) is 8.54. The Morgan fingerprint density at radius 1 is 1.50 bits per heavy atom. The van der Waals surface area contributed by atoms with Crippen LogP contribution in [0.1, 0.15) is 11.5 Å². The number of nitrogens with zero attached hydrogens (tertiary/aromatic N) is 5. The fourth-order valence-electron chi connectivity index (χ4n) is 1.01. The van der Waals surface area contributed by atoms with Gasteiger partial charge in [0.15, 0.2) is 0 Å². The number of tetrazole rings is 1. The van der Waals surface area contributed by atoms with Gasteiger partial charge in [-0.2, -0.15) is 5.21 Å². The monoisotopic (exact) mass is 191 g/mol. The molecule has 0 fully saturated rings. The van der Waals surface area contributed by atoms with Crippen molar-refractivity contribution in [3.63, 3.8) is 0 Å². The van der Waals surface area contributed by atoms with E-state index in [1.807, 2.05) is 13.0 Å². The van der Waals surface area contributed by atoms with Crippen LogP contribution in [-0.2, 0) is 6.54 Å². The third kappa shape index (κ3) is 2.00. The fourth-order valence-corrected chi connectivity index (χ4v) is 1.01. The van der Waals surface area contributed by atoms with Gasteiger partial charge in [-0.15, -0.1) is 5.10 Å². The lowest BCUT2D eigenvalue weighted by Crippen LogP contribution is -2.04. The molecule has 0 amide bonds. The minimum absolute atomic E-state index is 0.460. The average molecular weight is 191 g/mol. The minimum atomic E-state index is 0.460. The number of nitrogens with one attached hydrogen (secondary N) is 2. The van der Waals surface area contributed by atoms with Gasteiger partial charge in [0.1, 0.15) is 5.82 Å². The molecule has 14 heavy (non-hydrogen) atoms. The highest BCUT2D eigenvalue weighted by atomic mass is 15.5. The van der Waals surface area contributed by atoms with Gasteiger partial charge in [0.2, 0.25) is 0 Å². The zero-order valence-corrected chi connectivity index (χ0v) is 7.60. The van der Waals surface area contributed by atoms with E-state index in [0.29, 0.717) is 12.5 Å². The van der Waals surface area contributed by atoms with Gasteiger partial charge in [0.25, 0.3) is 5.95 Å². The zero-order chi connectivity index (χ0) is 9.80. The number of anilines is 1. The number of hydrogen-bond acceptors (Lipinski definition) is 6. The molecule has 2 rings (SSSR count). The molecule has 2 aromatic rings. The van der Waals surface area contributed by atoms with E-state index in [-0.39, 0.29) is 0 Å². The van der Waals surface area contributed by atoms with Crippen LogP contribution in [0, 0.1) is 6.92 Å². The van der Waals surface area contributed by atoms with Crippen molar-refractivity contribution in [3.05, 3.63) is 23.8 Å². The van der Waals surface area contributed by atoms with E-state index in [4.69, 9.17) is 0 Å². The van der Waals surface area contributed by atoms with Crippen molar-refractivity contribution in [2.75, 3.05) is 5.32 Å². The van der Waals surface area contributed by atoms with Crippen LogP contribution in [0.25, 0.3) is 0 Å². The lowest BCUT2D eigenvalue weighted by molar-refractivity contribution is 0.881. The van der Waals surface area contributed by atoms with Crippen molar-refractivity contribution in [2.24, 2.45) is 0 Å². The molecule has 0 aliphatic rings. The van der Waals surface area contributed by atoms with Crippen LogP contribution in [0.5, 0.6) is 0 Å². The van der Waals surface area contributed by atoms with Gasteiger partial charge in [0, 0.05) is 6.20 Å². The predicted molar refractivity (Wildman–Crippen MR) is 48.3 cm³/mol. The molecule has 0 spiro atoms. The van der Waals surface area contributed by atoms with Gasteiger partial charge < -0.3 is 5.32 Å². The van der Waals surface area contributed by atoms with Crippen LogP contribution in [0.4, 0.5) is 5.95 Å². The topological polar surface area (TPSA) is 92.3 Å². The summed E-state index contributed by atoms with van der Waals surface area (Å²) in [6.45, 7) is 2.40. The van der Waals surface area contributed by atoms with E-state index in [0.717, 1.165) is 11.5 Å². The molecule has 0 unspecified atom stereocenters. The van der Waals surface area contributed by atoms with Crippen molar-refractivity contribution >= 4 is 5.95 Å². The summed E-state index contributed by atoms with van der Waals surface area (Å²) in [5, 5.41) is 16.2. The molecule has 0 saturated heterocycles. The van der Waals surface area contributed by atoms with E-state index in [2.05, 4.69) is 35.9 Å². The van der Waals surface area contributed by atoms with E-state index in [9.17, 15) is 0 Å². The summed E-state index contributed by atoms with van der Waals surface area (Å²) in [6, 6.07) is 1.83. The van der Waals surface area contributed by atoms with E-state index in [1.54, 1.807) is 6.20 Å². The molecule has 2 aromatic heterocycles. The normalized spacial score (nSPS) is 10.1. The maximum Gasteiger partial charge on any atom is 0.263 e. The minimum Gasteiger partial charge on any atom is -0.346 e. The maximum absolute atomic E-state index is 4.21. The summed E-state index contributed by atoms with van der Waals surface area (Å²) >= 11 is 0. The smallest absolute Gasteiger partial charge is 0.263 e. The zero-order valence-electron chi connectivity index (χ0n) is 7.60. The summed E-state index contributed by atoms with van der Waals surface area (Å²) in [7, 11) is 0. The van der Waals surface area contributed by atoms with Crippen LogP contribution in [0.15, 0.2) is 12.3 Å². The van der Waals surface area contributed by atoms with Crippen molar-refractivity contribution in [1.29, 1.82) is 0 Å². The van der Waals surface area contributed by atoms with Crippen molar-refractivity contribution in [1.82, 2.24) is 30.6 Å². The molecule has 0 saturated carbocycles. The van der Waals surface area contributed by atoms with Gasteiger partial charge in [-0.25, -0.2) is 9.97 Å². The first-order chi connectivity index (χ1) is 6.84. The number of H-pyrrole nitrogens is 1. The number of aromatic amines is 1. The Kier molecular flexibility index (Phi) is 2.30. The highest BCUT2D eigenvalue weighted by molar-refractivity contribution is 5.20. The number of hydrogen-bond donors (Lipinski definition) is 2. The van der Waals surface area contributed by atoms with Crippen LogP contribution in [0.2, 0.25) is 0 Å². The summed E-state index contributed by atoms with van der Waals surface area (Å²) in [6.07, 6.45) is 1.72. The second-order valence-electron chi connectivity index (χ2n) is 2.68. The Hall–Kier alpha value is -2.05. The molecule has 2 heterocycles. The lowest BCUT2D eigenvalue weighted by Gasteiger charge is -2.00. The van der Waals surface area contributed by atoms with Gasteiger partial charge >= 0.3 is 0 Å². The Bertz CT molecular complexity index is 396. The highest BCUT2D eigenvalue weighted by Crippen LogP contribution is 1.98. The largest absolute Gasteiger partial charge is 0.346 e. The molecule has 72 valence electrons. The Morgan fingerprint density at radius 3 is 3.14 bits per heavy atom. The second kappa shape index (κ2) is 3.77. The van der Waals surface area contributed by atoms with Gasteiger partial charge in [-0.3, -0.25) is 0 Å². The standard InChI is InChI=1S/C7H9N7/c1-5-8-3-2-6(10-5)4-9-7-11-13-14-12-7/h2-3H,4H2,1H3,(H2,9,11,12,13,14). The molecule has 7 nitrogen and oxygen atoms in total. The molecular weight excluding hydrogens is 182 g/mol. The number of aromatic nitrogens is 6. The lowest BCUT2D eigenvalue weighted by atomic mass is 10.4. The van der Waals surface area contributed by atoms with E-state index >= 15 is 0 Å². The first-order valence-electron chi connectivity index (χ1n) is 4.10. The molecule has 2 N–H and O–H groups in total. The molecule has 7 heteroatoms. The molecule has 0 aliphatic heterocycles. The Balaban J connectivity index is 1.98. The number of aryl methyl sites for hydroxylation is 1. The first-order valence-corrected chi connectivity index (χ1v) is 4.10. The second-order valence-corrected chi connectivity index (χ2v) is 2.68. The number of rotatable bonds is 3.